The largest absolute Gasteiger partial charge is 0.336 e. The smallest absolute Gasteiger partial charge is 0.278 e. The molecule has 2 heterocycles. The van der Waals surface area contributed by atoms with Crippen molar-refractivity contribution in [3.63, 3.8) is 0 Å². The number of fused-ring (bicyclic) bond motifs is 1. The van der Waals surface area contributed by atoms with E-state index in [-0.39, 0.29) is 17.7 Å². The van der Waals surface area contributed by atoms with Gasteiger partial charge in [0.05, 0.1) is 5.57 Å². The Balaban J connectivity index is 1.88. The SMILES string of the molecule is Cc1ccc(C2=C(N3CCc4ccccc43)C(=O)N(CC(C)C)C2=O)cc1C. The zero-order valence-corrected chi connectivity index (χ0v) is 17.0. The molecule has 4 nitrogen and oxygen atoms in total. The average molecular weight is 374 g/mol. The molecule has 2 aromatic carbocycles. The first kappa shape index (κ1) is 18.5. The van der Waals surface area contributed by atoms with Crippen LogP contribution in [0.5, 0.6) is 0 Å². The van der Waals surface area contributed by atoms with Crippen LogP contribution >= 0.6 is 0 Å². The van der Waals surface area contributed by atoms with E-state index >= 15 is 0 Å². The number of carbonyl (C=O) groups is 2. The van der Waals surface area contributed by atoms with Crippen LogP contribution in [-0.2, 0) is 16.0 Å². The molecule has 0 radical (unpaired) electrons. The van der Waals surface area contributed by atoms with E-state index < -0.39 is 0 Å². The van der Waals surface area contributed by atoms with Crippen molar-refractivity contribution in [1.82, 2.24) is 4.90 Å². The van der Waals surface area contributed by atoms with Crippen LogP contribution in [0.4, 0.5) is 5.69 Å². The number of nitrogens with zero attached hydrogens (tertiary/aromatic N) is 2. The van der Waals surface area contributed by atoms with Gasteiger partial charge in [0.15, 0.2) is 0 Å². The van der Waals surface area contributed by atoms with Crippen LogP contribution in [0.15, 0.2) is 48.2 Å². The first-order valence-corrected chi connectivity index (χ1v) is 9.92. The fourth-order valence-electron chi connectivity index (χ4n) is 4.07. The zero-order chi connectivity index (χ0) is 20.0. The predicted octanol–water partition coefficient (Wildman–Crippen LogP) is 4.10. The van der Waals surface area contributed by atoms with Gasteiger partial charge in [-0.25, -0.2) is 0 Å². The molecule has 0 saturated heterocycles. The van der Waals surface area contributed by atoms with Gasteiger partial charge in [-0.15, -0.1) is 0 Å². The van der Waals surface area contributed by atoms with Gasteiger partial charge in [0.2, 0.25) is 0 Å². The third kappa shape index (κ3) is 2.93. The van der Waals surface area contributed by atoms with Gasteiger partial charge in [-0.1, -0.05) is 50.2 Å². The van der Waals surface area contributed by atoms with Crippen LogP contribution in [0.1, 0.15) is 36.1 Å². The van der Waals surface area contributed by atoms with Crippen LogP contribution in [0.25, 0.3) is 5.57 Å². The van der Waals surface area contributed by atoms with Gasteiger partial charge >= 0.3 is 0 Å². The first-order chi connectivity index (χ1) is 13.4. The number of amides is 2. The number of anilines is 1. The van der Waals surface area contributed by atoms with Crippen molar-refractivity contribution in [3.8, 4) is 0 Å². The summed E-state index contributed by atoms with van der Waals surface area (Å²) < 4.78 is 0. The van der Waals surface area contributed by atoms with Crippen LogP contribution < -0.4 is 4.90 Å². The second kappa shape index (κ2) is 6.93. The highest BCUT2D eigenvalue weighted by Gasteiger charge is 2.43. The van der Waals surface area contributed by atoms with Gasteiger partial charge < -0.3 is 4.90 Å². The molecule has 0 spiro atoms. The third-order valence-corrected chi connectivity index (χ3v) is 5.64. The minimum Gasteiger partial charge on any atom is -0.336 e. The molecule has 4 rings (SSSR count). The molecule has 2 aliphatic heterocycles. The van der Waals surface area contributed by atoms with Gasteiger partial charge in [-0.3, -0.25) is 14.5 Å². The van der Waals surface area contributed by atoms with Crippen molar-refractivity contribution in [1.29, 1.82) is 0 Å². The number of hydrogen-bond donors (Lipinski definition) is 0. The van der Waals surface area contributed by atoms with Crippen molar-refractivity contribution in [3.05, 3.63) is 70.4 Å². The van der Waals surface area contributed by atoms with E-state index in [0.29, 0.717) is 17.8 Å². The Kier molecular flexibility index (Phi) is 4.58. The lowest BCUT2D eigenvalue weighted by Crippen LogP contribution is -2.37. The Labute approximate surface area is 166 Å². The second-order valence-electron chi connectivity index (χ2n) is 8.17. The van der Waals surface area contributed by atoms with Gasteiger partial charge in [0.25, 0.3) is 11.8 Å². The number of rotatable bonds is 4. The van der Waals surface area contributed by atoms with Gasteiger partial charge in [0.1, 0.15) is 5.70 Å². The van der Waals surface area contributed by atoms with E-state index in [0.717, 1.165) is 29.8 Å². The maximum absolute atomic E-state index is 13.4. The maximum Gasteiger partial charge on any atom is 0.278 e. The third-order valence-electron chi connectivity index (χ3n) is 5.64. The lowest BCUT2D eigenvalue weighted by atomic mass is 9.99. The quantitative estimate of drug-likeness (QED) is 0.757. The van der Waals surface area contributed by atoms with Crippen molar-refractivity contribution in [2.45, 2.75) is 34.1 Å². The van der Waals surface area contributed by atoms with Crippen molar-refractivity contribution in [2.24, 2.45) is 5.92 Å². The number of benzene rings is 2. The molecule has 2 aromatic rings. The number of aryl methyl sites for hydroxylation is 2. The van der Waals surface area contributed by atoms with Crippen LogP contribution in [0, 0.1) is 19.8 Å². The molecule has 0 fully saturated rings. The molecule has 0 aliphatic carbocycles. The Morgan fingerprint density at radius 2 is 1.71 bits per heavy atom. The fourth-order valence-corrected chi connectivity index (χ4v) is 4.07. The second-order valence-corrected chi connectivity index (χ2v) is 8.17. The highest BCUT2D eigenvalue weighted by atomic mass is 16.2. The van der Waals surface area contributed by atoms with E-state index in [2.05, 4.69) is 13.0 Å². The van der Waals surface area contributed by atoms with Crippen LogP contribution in [-0.4, -0.2) is 29.8 Å². The Morgan fingerprint density at radius 3 is 2.43 bits per heavy atom. The zero-order valence-electron chi connectivity index (χ0n) is 17.0. The van der Waals surface area contributed by atoms with Crippen LogP contribution in [0.2, 0.25) is 0 Å². The normalized spacial score (nSPS) is 16.6. The minimum absolute atomic E-state index is 0.177. The van der Waals surface area contributed by atoms with Gasteiger partial charge in [0, 0.05) is 18.8 Å². The summed E-state index contributed by atoms with van der Waals surface area (Å²) in [6, 6.07) is 14.2. The summed E-state index contributed by atoms with van der Waals surface area (Å²) in [4.78, 5) is 30.2. The molecule has 4 heteroatoms. The molecule has 0 unspecified atom stereocenters. The van der Waals surface area contributed by atoms with Gasteiger partial charge in [-0.05, 0) is 54.5 Å². The Hall–Kier alpha value is -2.88. The lowest BCUT2D eigenvalue weighted by molar-refractivity contribution is -0.137. The molecule has 2 aliphatic rings. The molecule has 0 saturated carbocycles. The van der Waals surface area contributed by atoms with Crippen molar-refractivity contribution in [2.75, 3.05) is 18.0 Å². The van der Waals surface area contributed by atoms with Crippen molar-refractivity contribution >= 4 is 23.1 Å². The molecular weight excluding hydrogens is 348 g/mol. The summed E-state index contributed by atoms with van der Waals surface area (Å²) in [7, 11) is 0. The van der Waals surface area contributed by atoms with E-state index in [9.17, 15) is 9.59 Å². The molecule has 0 N–H and O–H groups in total. The Morgan fingerprint density at radius 1 is 0.964 bits per heavy atom. The molecular formula is C24H26N2O2. The predicted molar refractivity (Wildman–Crippen MR) is 112 cm³/mol. The fraction of sp³-hybridized carbons (Fsp3) is 0.333. The molecule has 0 atom stereocenters. The highest BCUT2D eigenvalue weighted by molar-refractivity contribution is 6.36. The monoisotopic (exact) mass is 374 g/mol. The average Bonchev–Trinajstić information content (AvgIpc) is 3.18. The lowest BCUT2D eigenvalue weighted by Gasteiger charge is -2.22. The summed E-state index contributed by atoms with van der Waals surface area (Å²) in [6.07, 6.45) is 0.880. The first-order valence-electron chi connectivity index (χ1n) is 9.92. The molecule has 0 bridgehead atoms. The summed E-state index contributed by atoms with van der Waals surface area (Å²) >= 11 is 0. The highest BCUT2D eigenvalue weighted by Crippen LogP contribution is 2.39. The molecule has 144 valence electrons. The van der Waals surface area contributed by atoms with E-state index in [1.54, 1.807) is 0 Å². The maximum atomic E-state index is 13.4. The van der Waals surface area contributed by atoms with Crippen LogP contribution in [0.3, 0.4) is 0 Å². The number of carbonyl (C=O) groups excluding carboxylic acids is 2. The summed E-state index contributed by atoms with van der Waals surface area (Å²) in [5, 5.41) is 0. The molecule has 28 heavy (non-hydrogen) atoms. The molecule has 2 amide bonds. The standard InChI is InChI=1S/C24H26N2O2/c1-15(2)14-26-23(27)21(19-10-9-16(3)17(4)13-19)22(24(26)28)25-12-11-18-7-5-6-8-20(18)25/h5-10,13,15H,11-12,14H2,1-4H3. The minimum atomic E-state index is -0.179. The number of hydrogen-bond acceptors (Lipinski definition) is 3. The number of imide groups is 1. The summed E-state index contributed by atoms with van der Waals surface area (Å²) in [5.74, 6) is -0.135. The van der Waals surface area contributed by atoms with Gasteiger partial charge in [-0.2, -0.15) is 0 Å². The van der Waals surface area contributed by atoms with E-state index in [4.69, 9.17) is 0 Å². The Bertz CT molecular complexity index is 1000. The topological polar surface area (TPSA) is 40.6 Å². The van der Waals surface area contributed by atoms with Crippen molar-refractivity contribution < 1.29 is 9.59 Å². The summed E-state index contributed by atoms with van der Waals surface area (Å²) in [5.41, 5.74) is 6.43. The number of para-hydroxylation sites is 1. The summed E-state index contributed by atoms with van der Waals surface area (Å²) in [6.45, 7) is 9.30. The van der Waals surface area contributed by atoms with E-state index in [1.807, 2.05) is 62.1 Å². The van der Waals surface area contributed by atoms with E-state index in [1.165, 1.54) is 16.0 Å². The molecule has 0 aromatic heterocycles.